The first-order chi connectivity index (χ1) is 10.3. The number of nitrogens with one attached hydrogen (secondary N) is 1. The summed E-state index contributed by atoms with van der Waals surface area (Å²) in [6.45, 7) is 2.12. The van der Waals surface area contributed by atoms with Crippen LogP contribution in [0, 0.1) is 6.92 Å². The molecule has 0 aromatic heterocycles. The summed E-state index contributed by atoms with van der Waals surface area (Å²) in [5.41, 5.74) is 3.85. The minimum absolute atomic E-state index is 0.318. The standard InChI is InChI=1S/C19H21NO/c1-13-6-5-9-16-19(13)21-18-11-10-15(12-17(18)20-16)14-7-3-2-4-8-14/h2-9,15,17-18,20H,10-12H2,1H3. The summed E-state index contributed by atoms with van der Waals surface area (Å²) in [5, 5.41) is 3.71. The largest absolute Gasteiger partial charge is 0.486 e. The predicted octanol–water partition coefficient (Wildman–Crippen LogP) is 4.50. The molecule has 2 aliphatic rings. The molecule has 108 valence electrons. The minimum Gasteiger partial charge on any atom is -0.486 e. The van der Waals surface area contributed by atoms with Crippen molar-refractivity contribution in [3.05, 3.63) is 59.7 Å². The lowest BCUT2D eigenvalue weighted by Gasteiger charge is -2.41. The van der Waals surface area contributed by atoms with Gasteiger partial charge < -0.3 is 10.1 Å². The third kappa shape index (κ3) is 2.29. The van der Waals surface area contributed by atoms with Gasteiger partial charge >= 0.3 is 0 Å². The Kier molecular flexibility index (Phi) is 3.10. The van der Waals surface area contributed by atoms with Gasteiger partial charge in [0.25, 0.3) is 0 Å². The molecule has 21 heavy (non-hydrogen) atoms. The Hall–Kier alpha value is -1.96. The van der Waals surface area contributed by atoms with Crippen LogP contribution in [0.4, 0.5) is 5.69 Å². The van der Waals surface area contributed by atoms with Crippen LogP contribution >= 0.6 is 0 Å². The van der Waals surface area contributed by atoms with Crippen LogP contribution in [0.1, 0.15) is 36.3 Å². The number of benzene rings is 2. The van der Waals surface area contributed by atoms with E-state index in [9.17, 15) is 0 Å². The van der Waals surface area contributed by atoms with Crippen molar-refractivity contribution in [1.82, 2.24) is 0 Å². The van der Waals surface area contributed by atoms with Crippen LogP contribution in [-0.2, 0) is 0 Å². The maximum absolute atomic E-state index is 6.29. The molecule has 1 N–H and O–H groups in total. The van der Waals surface area contributed by atoms with Crippen molar-refractivity contribution in [3.63, 3.8) is 0 Å². The molecule has 1 aliphatic carbocycles. The van der Waals surface area contributed by atoms with Crippen molar-refractivity contribution in [2.75, 3.05) is 5.32 Å². The monoisotopic (exact) mass is 279 g/mol. The number of anilines is 1. The molecule has 0 amide bonds. The van der Waals surface area contributed by atoms with Crippen LogP contribution in [0.15, 0.2) is 48.5 Å². The zero-order chi connectivity index (χ0) is 14.2. The van der Waals surface area contributed by atoms with Crippen LogP contribution in [0.25, 0.3) is 0 Å². The van der Waals surface area contributed by atoms with Gasteiger partial charge in [-0.05, 0) is 49.3 Å². The first kappa shape index (κ1) is 12.8. The van der Waals surface area contributed by atoms with Gasteiger partial charge in [0.15, 0.2) is 0 Å². The van der Waals surface area contributed by atoms with Crippen molar-refractivity contribution in [1.29, 1.82) is 0 Å². The van der Waals surface area contributed by atoms with E-state index in [4.69, 9.17) is 4.74 Å². The first-order valence-corrected chi connectivity index (χ1v) is 7.89. The zero-order valence-electron chi connectivity index (χ0n) is 12.4. The van der Waals surface area contributed by atoms with Crippen LogP contribution in [0.5, 0.6) is 5.75 Å². The van der Waals surface area contributed by atoms with E-state index in [2.05, 4.69) is 60.8 Å². The molecule has 2 aromatic carbocycles. The van der Waals surface area contributed by atoms with E-state index in [0.29, 0.717) is 18.1 Å². The second kappa shape index (κ2) is 5.10. The molecule has 0 saturated heterocycles. The number of para-hydroxylation sites is 1. The number of rotatable bonds is 1. The number of hydrogen-bond acceptors (Lipinski definition) is 2. The zero-order valence-corrected chi connectivity index (χ0v) is 12.4. The van der Waals surface area contributed by atoms with Gasteiger partial charge in [0.05, 0.1) is 11.7 Å². The third-order valence-corrected chi connectivity index (χ3v) is 4.88. The van der Waals surface area contributed by atoms with E-state index >= 15 is 0 Å². The Balaban J connectivity index is 1.57. The third-order valence-electron chi connectivity index (χ3n) is 4.88. The molecule has 2 heteroatoms. The summed E-state index contributed by atoms with van der Waals surface area (Å²) in [6, 6.07) is 17.7. The van der Waals surface area contributed by atoms with E-state index < -0.39 is 0 Å². The average Bonchev–Trinajstić information content (AvgIpc) is 2.54. The highest BCUT2D eigenvalue weighted by Crippen LogP contribution is 2.42. The maximum Gasteiger partial charge on any atom is 0.145 e. The van der Waals surface area contributed by atoms with E-state index in [1.54, 1.807) is 0 Å². The normalized spacial score (nSPS) is 27.0. The Morgan fingerprint density at radius 3 is 2.71 bits per heavy atom. The molecule has 1 heterocycles. The average molecular weight is 279 g/mol. The summed E-state index contributed by atoms with van der Waals surface area (Å²) in [4.78, 5) is 0. The van der Waals surface area contributed by atoms with Gasteiger partial charge in [0, 0.05) is 0 Å². The van der Waals surface area contributed by atoms with Gasteiger partial charge in [-0.2, -0.15) is 0 Å². The first-order valence-electron chi connectivity index (χ1n) is 7.89. The molecule has 2 aromatic rings. The molecule has 0 radical (unpaired) electrons. The SMILES string of the molecule is Cc1cccc2c1OC1CCC(c3ccccc3)CC1N2. The second-order valence-corrected chi connectivity index (χ2v) is 6.28. The van der Waals surface area contributed by atoms with Crippen molar-refractivity contribution in [2.24, 2.45) is 0 Å². The number of fused-ring (bicyclic) bond motifs is 2. The van der Waals surface area contributed by atoms with Crippen LogP contribution in [-0.4, -0.2) is 12.1 Å². The van der Waals surface area contributed by atoms with Gasteiger partial charge in [0.1, 0.15) is 11.9 Å². The van der Waals surface area contributed by atoms with Gasteiger partial charge in [-0.25, -0.2) is 0 Å². The maximum atomic E-state index is 6.29. The van der Waals surface area contributed by atoms with Crippen LogP contribution in [0.3, 0.4) is 0 Å². The Labute approximate surface area is 126 Å². The van der Waals surface area contributed by atoms with Crippen molar-refractivity contribution >= 4 is 5.69 Å². The molecule has 0 spiro atoms. The topological polar surface area (TPSA) is 21.3 Å². The lowest BCUT2D eigenvalue weighted by Crippen LogP contribution is -2.45. The highest BCUT2D eigenvalue weighted by molar-refractivity contribution is 5.62. The molecular formula is C19H21NO. The highest BCUT2D eigenvalue weighted by Gasteiger charge is 2.36. The van der Waals surface area contributed by atoms with E-state index in [0.717, 1.165) is 24.3 Å². The van der Waals surface area contributed by atoms with Crippen LogP contribution in [0.2, 0.25) is 0 Å². The lowest BCUT2D eigenvalue weighted by molar-refractivity contribution is 0.122. The fourth-order valence-corrected chi connectivity index (χ4v) is 3.74. The lowest BCUT2D eigenvalue weighted by atomic mass is 9.79. The fraction of sp³-hybridized carbons (Fsp3) is 0.368. The van der Waals surface area contributed by atoms with E-state index in [1.807, 2.05) is 0 Å². The summed E-state index contributed by atoms with van der Waals surface area (Å²) in [7, 11) is 0. The molecule has 4 rings (SSSR count). The Morgan fingerprint density at radius 1 is 1.00 bits per heavy atom. The van der Waals surface area contributed by atoms with Gasteiger partial charge in [-0.3, -0.25) is 0 Å². The van der Waals surface area contributed by atoms with Crippen molar-refractivity contribution in [3.8, 4) is 5.75 Å². The fourth-order valence-electron chi connectivity index (χ4n) is 3.74. The van der Waals surface area contributed by atoms with Crippen molar-refractivity contribution < 1.29 is 4.74 Å². The molecule has 0 bridgehead atoms. The molecule has 3 unspecified atom stereocenters. The predicted molar refractivity (Wildman–Crippen MR) is 86.0 cm³/mol. The van der Waals surface area contributed by atoms with E-state index in [-0.39, 0.29) is 0 Å². The second-order valence-electron chi connectivity index (χ2n) is 6.28. The summed E-state index contributed by atoms with van der Waals surface area (Å²) >= 11 is 0. The summed E-state index contributed by atoms with van der Waals surface area (Å²) in [6.07, 6.45) is 3.82. The minimum atomic E-state index is 0.318. The van der Waals surface area contributed by atoms with E-state index in [1.165, 1.54) is 17.5 Å². The number of aryl methyl sites for hydroxylation is 1. The smallest absolute Gasteiger partial charge is 0.145 e. The van der Waals surface area contributed by atoms with Crippen LogP contribution < -0.4 is 10.1 Å². The quantitative estimate of drug-likeness (QED) is 0.829. The molecule has 1 fully saturated rings. The van der Waals surface area contributed by atoms with Gasteiger partial charge in [-0.15, -0.1) is 0 Å². The number of hydrogen-bond donors (Lipinski definition) is 1. The molecule has 2 nitrogen and oxygen atoms in total. The molecule has 3 atom stereocenters. The Bertz CT molecular complexity index is 637. The summed E-state index contributed by atoms with van der Waals surface area (Å²) in [5.74, 6) is 1.70. The molecular weight excluding hydrogens is 258 g/mol. The molecule has 1 aliphatic heterocycles. The number of ether oxygens (including phenoxy) is 1. The van der Waals surface area contributed by atoms with Gasteiger partial charge in [-0.1, -0.05) is 42.5 Å². The highest BCUT2D eigenvalue weighted by atomic mass is 16.5. The Morgan fingerprint density at radius 2 is 1.86 bits per heavy atom. The van der Waals surface area contributed by atoms with Gasteiger partial charge in [0.2, 0.25) is 0 Å². The van der Waals surface area contributed by atoms with Crippen molar-refractivity contribution in [2.45, 2.75) is 44.2 Å². The molecule has 1 saturated carbocycles. The summed E-state index contributed by atoms with van der Waals surface area (Å²) < 4.78 is 6.29.